The van der Waals surface area contributed by atoms with Gasteiger partial charge in [-0.3, -0.25) is 43.8 Å². The summed E-state index contributed by atoms with van der Waals surface area (Å²) in [7, 11) is 0. The molecule has 22 heteroatoms. The number of rotatable bonds is 63. The van der Waals surface area contributed by atoms with Gasteiger partial charge in [-0.2, -0.15) is 0 Å². The number of phenolic OH excluding ortho intramolecular Hbond substituents is 1. The second-order valence-corrected chi connectivity index (χ2v) is 24.4. The molecule has 0 saturated heterocycles. The van der Waals surface area contributed by atoms with Crippen molar-refractivity contribution in [1.82, 2.24) is 16.0 Å². The molecular formula is C68H116N6O16. The number of allylic oxidation sites excluding steroid dienone is 1. The Morgan fingerprint density at radius 1 is 0.544 bits per heavy atom. The molecule has 0 spiro atoms. The first-order chi connectivity index (χ1) is 43.1. The molecule has 0 saturated carbocycles. The fourth-order valence-electron chi connectivity index (χ4n) is 10.6. The van der Waals surface area contributed by atoms with Crippen LogP contribution in [0.15, 0.2) is 36.5 Å². The van der Waals surface area contributed by atoms with Crippen LogP contribution in [-0.4, -0.2) is 146 Å². The minimum Gasteiger partial charge on any atom is -0.508 e. The van der Waals surface area contributed by atoms with E-state index >= 15 is 0 Å². The average molecular weight is 1270 g/mol. The third-order valence-corrected chi connectivity index (χ3v) is 15.8. The third-order valence-electron chi connectivity index (χ3n) is 15.8. The molecule has 514 valence electrons. The number of carboxylic acids is 2. The Bertz CT molecular complexity index is 2250. The van der Waals surface area contributed by atoms with E-state index in [1.54, 1.807) is 19.1 Å². The molecule has 1 aromatic carbocycles. The first-order valence-corrected chi connectivity index (χ1v) is 33.3. The van der Waals surface area contributed by atoms with Gasteiger partial charge in [0.2, 0.25) is 17.7 Å². The number of amidine groups is 1. The number of carbonyl (C=O) groups excluding carboxylic acids is 7. The van der Waals surface area contributed by atoms with Gasteiger partial charge in [0.15, 0.2) is 5.78 Å². The molecule has 0 aliphatic heterocycles. The number of nitrogens with one attached hydrogen (secondary N) is 4. The van der Waals surface area contributed by atoms with E-state index in [0.29, 0.717) is 88.6 Å². The molecule has 0 aromatic heterocycles. The SMILES string of the molecule is C=C(CCCCCCCCCCCCCCCCC(=O)O)N[C@@H](CCC(=O)NCCOCCOCC(=O)CCCOCCOCC(=O)NCCCC[C@H](CC(=O)CC(C)C)C(=O)C(C)[C@@H](CCCCC(=N)N)C(=O)C[C@@H](Cc1ccc(O)cc1)C(N)=O)C(=O)O.[HH]. The van der Waals surface area contributed by atoms with Crippen LogP contribution in [0.3, 0.4) is 0 Å². The number of ketones is 4. The monoisotopic (exact) mass is 1270 g/mol. The number of ether oxygens (including phenoxy) is 4. The largest absolute Gasteiger partial charge is 0.508 e. The number of phenols is 1. The zero-order chi connectivity index (χ0) is 66.7. The summed E-state index contributed by atoms with van der Waals surface area (Å²) < 4.78 is 21.9. The van der Waals surface area contributed by atoms with Gasteiger partial charge in [-0.05, 0) is 87.8 Å². The zero-order valence-corrected chi connectivity index (χ0v) is 54.8. The minimum absolute atomic E-state index is 0. The maximum absolute atomic E-state index is 14.3. The summed E-state index contributed by atoms with van der Waals surface area (Å²) >= 11 is 0. The highest BCUT2D eigenvalue weighted by molar-refractivity contribution is 5.94. The van der Waals surface area contributed by atoms with Crippen LogP contribution in [0.1, 0.15) is 220 Å². The highest BCUT2D eigenvalue weighted by atomic mass is 16.5. The maximum Gasteiger partial charge on any atom is 0.326 e. The van der Waals surface area contributed by atoms with Gasteiger partial charge in [-0.1, -0.05) is 129 Å². The van der Waals surface area contributed by atoms with Crippen LogP contribution in [0.25, 0.3) is 0 Å². The maximum atomic E-state index is 14.3. The lowest BCUT2D eigenvalue weighted by Crippen LogP contribution is -2.37. The Labute approximate surface area is 537 Å². The van der Waals surface area contributed by atoms with E-state index in [0.717, 1.165) is 38.5 Å². The molecular weight excluding hydrogens is 1160 g/mol. The van der Waals surface area contributed by atoms with Gasteiger partial charge in [0.25, 0.3) is 0 Å². The number of hydrogen-bond donors (Lipinski definition) is 9. The molecule has 22 nitrogen and oxygen atoms in total. The summed E-state index contributed by atoms with van der Waals surface area (Å²) in [5, 5.41) is 44.2. The fourth-order valence-corrected chi connectivity index (χ4v) is 10.6. The van der Waals surface area contributed by atoms with Crippen molar-refractivity contribution in [2.45, 2.75) is 226 Å². The molecule has 1 aromatic rings. The van der Waals surface area contributed by atoms with Gasteiger partial charge in [0.1, 0.15) is 42.4 Å². The van der Waals surface area contributed by atoms with Crippen LogP contribution in [0, 0.1) is 35.0 Å². The topological polar surface area (TPSA) is 363 Å². The number of nitrogens with two attached hydrogens (primary N) is 2. The molecule has 5 atom stereocenters. The summed E-state index contributed by atoms with van der Waals surface area (Å²) in [5.41, 5.74) is 12.7. The molecule has 11 N–H and O–H groups in total. The Morgan fingerprint density at radius 2 is 1.09 bits per heavy atom. The van der Waals surface area contributed by atoms with Crippen LogP contribution in [0.5, 0.6) is 5.75 Å². The summed E-state index contributed by atoms with van der Waals surface area (Å²) in [6.45, 7) is 11.2. The number of aromatic hydroxyl groups is 1. The molecule has 1 unspecified atom stereocenters. The summed E-state index contributed by atoms with van der Waals surface area (Å²) in [5.74, 6) is -6.50. The lowest BCUT2D eigenvalue weighted by molar-refractivity contribution is -0.140. The lowest BCUT2D eigenvalue weighted by atomic mass is 9.75. The fraction of sp³-hybridized carbons (Fsp3) is 0.735. The van der Waals surface area contributed by atoms with Crippen molar-refractivity contribution in [2.24, 2.45) is 41.1 Å². The minimum atomic E-state index is -1.04. The van der Waals surface area contributed by atoms with Gasteiger partial charge in [-0.15, -0.1) is 0 Å². The van der Waals surface area contributed by atoms with Gasteiger partial charge in [-0.25, -0.2) is 4.79 Å². The van der Waals surface area contributed by atoms with Crippen LogP contribution in [0.2, 0.25) is 0 Å². The molecule has 0 bridgehead atoms. The number of unbranched alkanes of at least 4 members (excludes halogenated alkanes) is 15. The van der Waals surface area contributed by atoms with Crippen molar-refractivity contribution in [1.29, 1.82) is 5.41 Å². The molecule has 90 heavy (non-hydrogen) atoms. The van der Waals surface area contributed by atoms with Crippen molar-refractivity contribution in [3.8, 4) is 5.75 Å². The second kappa shape index (κ2) is 52.5. The summed E-state index contributed by atoms with van der Waals surface area (Å²) in [6, 6.07) is 5.38. The van der Waals surface area contributed by atoms with E-state index in [4.69, 9.17) is 40.9 Å². The molecule has 1 rings (SSSR count). The predicted octanol–water partition coefficient (Wildman–Crippen LogP) is 9.66. The molecule has 0 fully saturated rings. The van der Waals surface area contributed by atoms with Crippen molar-refractivity contribution in [3.63, 3.8) is 0 Å². The number of aliphatic carboxylic acids is 2. The van der Waals surface area contributed by atoms with E-state index in [9.17, 15) is 53.4 Å². The van der Waals surface area contributed by atoms with Crippen molar-refractivity contribution in [2.75, 3.05) is 65.9 Å². The smallest absolute Gasteiger partial charge is 0.326 e. The number of primary amides is 1. The number of amides is 3. The van der Waals surface area contributed by atoms with E-state index in [1.165, 1.54) is 63.5 Å². The number of carboxylic acid groups (broad SMARTS) is 2. The Kier molecular flexibility index (Phi) is 47.8. The van der Waals surface area contributed by atoms with Crippen LogP contribution < -0.4 is 27.4 Å². The van der Waals surface area contributed by atoms with Gasteiger partial charge < -0.3 is 61.7 Å². The van der Waals surface area contributed by atoms with Crippen molar-refractivity contribution < 1.29 is 78.8 Å². The molecule has 0 aliphatic carbocycles. The normalized spacial score (nSPS) is 13.0. The quantitative estimate of drug-likeness (QED) is 0.0166. The van der Waals surface area contributed by atoms with Gasteiger partial charge in [0.05, 0.1) is 38.9 Å². The Morgan fingerprint density at radius 3 is 1.67 bits per heavy atom. The van der Waals surface area contributed by atoms with Gasteiger partial charge >= 0.3 is 11.9 Å². The van der Waals surface area contributed by atoms with Crippen molar-refractivity contribution >= 4 is 58.6 Å². The van der Waals surface area contributed by atoms with Crippen molar-refractivity contribution in [3.05, 3.63) is 42.1 Å². The highest BCUT2D eigenvalue weighted by Crippen LogP contribution is 2.31. The zero-order valence-electron chi connectivity index (χ0n) is 54.8. The molecule has 0 aliphatic rings. The summed E-state index contributed by atoms with van der Waals surface area (Å²) in [4.78, 5) is 114. The first-order valence-electron chi connectivity index (χ1n) is 33.3. The van der Waals surface area contributed by atoms with E-state index < -0.39 is 47.6 Å². The van der Waals surface area contributed by atoms with Crippen LogP contribution >= 0.6 is 0 Å². The molecule has 0 radical (unpaired) electrons. The van der Waals surface area contributed by atoms with Crippen LogP contribution in [-0.2, 0) is 68.5 Å². The van der Waals surface area contributed by atoms with E-state index in [-0.39, 0.29) is 152 Å². The van der Waals surface area contributed by atoms with E-state index in [2.05, 4.69) is 22.5 Å². The second-order valence-electron chi connectivity index (χ2n) is 24.4. The predicted molar refractivity (Wildman–Crippen MR) is 349 cm³/mol. The highest BCUT2D eigenvalue weighted by Gasteiger charge is 2.36. The van der Waals surface area contributed by atoms with E-state index in [1.807, 2.05) is 13.8 Å². The number of carbonyl (C=O) groups is 9. The Balaban J connectivity index is 0.0000810. The Hall–Kier alpha value is -6.10. The van der Waals surface area contributed by atoms with Gasteiger partial charge in [0, 0.05) is 95.4 Å². The number of Topliss-reactive ketones (excluding diaryl/α,β-unsaturated/α-hetero) is 4. The first kappa shape index (κ1) is 81.9. The standard InChI is InChI=1S/C68H114N6O16.H2/c1-50(2)44-58(77)46-54(66(83)52(4)59(27-19-20-28-62(69)70)61(78)47-55(67(71)84)45-53-30-32-56(75)33-31-53)25-21-22-36-72-64(80)49-90-43-40-87-38-23-26-57(76)48-89-42-41-88-39-37-73-63(79)35-34-60(68(85)86)74-51(3)24-17-15-13-11-9-7-5-6-8-10-12-14-16-18-29-65(81)82;/h30-33,50,52,54-55,59-60,74-75H,3,5-29,34-49H2,1-2,4H3,(H3,69,70)(H2,71,84)(H,72,80)(H,73,79)(H,81,82)(H,85,86);1H/t52?,54-,55-,59-,60+;/m1./s1. The molecule has 3 amide bonds. The van der Waals surface area contributed by atoms with Crippen LogP contribution in [0.4, 0.5) is 0 Å². The average Bonchev–Trinajstić information content (AvgIpc) is 1.21. The lowest BCUT2D eigenvalue weighted by Gasteiger charge is -2.27. The number of benzene rings is 1. The summed E-state index contributed by atoms with van der Waals surface area (Å²) in [6.07, 6.45) is 21.1. The number of hydrogen-bond acceptors (Lipinski definition) is 16. The molecule has 0 heterocycles. The third kappa shape index (κ3) is 45.2.